The van der Waals surface area contributed by atoms with E-state index in [4.69, 9.17) is 0 Å². The van der Waals surface area contributed by atoms with Crippen LogP contribution in [0.15, 0.2) is 5.38 Å². The molecule has 0 aliphatic rings. The Kier molecular flexibility index (Phi) is 7.10. The average Bonchev–Trinajstić information content (AvgIpc) is 2.83. The molecule has 0 aromatic carbocycles. The Bertz CT molecular complexity index is 418. The Morgan fingerprint density at radius 1 is 1.37 bits per heavy atom. The van der Waals surface area contributed by atoms with E-state index in [1.54, 1.807) is 0 Å². The molecule has 1 aromatic heterocycles. The standard InChI is InChI=1S/C13H20N2O3S/c1-3-4-7-11(16)15-13-14-10(9-19-13)6-5-8-12(17)18-2/h9H,3-8H2,1-2H3,(H,14,15,16). The number of unbranched alkanes of at least 4 members (excludes halogenated alkanes) is 1. The Morgan fingerprint density at radius 3 is 2.84 bits per heavy atom. The number of carbonyl (C=O) groups is 2. The van der Waals surface area contributed by atoms with Crippen LogP contribution in [0.4, 0.5) is 5.13 Å². The lowest BCUT2D eigenvalue weighted by Gasteiger charge is -2.00. The van der Waals surface area contributed by atoms with Gasteiger partial charge in [0, 0.05) is 18.2 Å². The first-order valence-corrected chi connectivity index (χ1v) is 7.34. The van der Waals surface area contributed by atoms with Crippen LogP contribution in [0.2, 0.25) is 0 Å². The number of amides is 1. The molecule has 1 N–H and O–H groups in total. The van der Waals surface area contributed by atoms with Gasteiger partial charge in [0.05, 0.1) is 12.8 Å². The molecule has 1 rings (SSSR count). The second-order valence-electron chi connectivity index (χ2n) is 4.23. The molecule has 0 aliphatic heterocycles. The van der Waals surface area contributed by atoms with E-state index in [2.05, 4.69) is 22.0 Å². The Labute approximate surface area is 117 Å². The molecule has 5 nitrogen and oxygen atoms in total. The minimum Gasteiger partial charge on any atom is -0.469 e. The van der Waals surface area contributed by atoms with Gasteiger partial charge in [0.15, 0.2) is 5.13 Å². The van der Waals surface area contributed by atoms with Crippen LogP contribution in [0.25, 0.3) is 0 Å². The number of hydrogen-bond donors (Lipinski definition) is 1. The number of ether oxygens (including phenoxy) is 1. The molecule has 106 valence electrons. The van der Waals surface area contributed by atoms with Crippen molar-refractivity contribution in [1.29, 1.82) is 0 Å². The van der Waals surface area contributed by atoms with Crippen molar-refractivity contribution < 1.29 is 14.3 Å². The predicted octanol–water partition coefficient (Wildman–Crippen LogP) is 2.77. The summed E-state index contributed by atoms with van der Waals surface area (Å²) in [7, 11) is 1.38. The summed E-state index contributed by atoms with van der Waals surface area (Å²) in [5.41, 5.74) is 0.902. The maximum atomic E-state index is 11.5. The van der Waals surface area contributed by atoms with Gasteiger partial charge in [-0.05, 0) is 19.3 Å². The third-order valence-electron chi connectivity index (χ3n) is 2.60. The lowest BCUT2D eigenvalue weighted by molar-refractivity contribution is -0.140. The molecule has 6 heteroatoms. The summed E-state index contributed by atoms with van der Waals surface area (Å²) in [5, 5.41) is 5.33. The molecule has 0 radical (unpaired) electrons. The maximum Gasteiger partial charge on any atom is 0.305 e. The van der Waals surface area contributed by atoms with Gasteiger partial charge >= 0.3 is 5.97 Å². The van der Waals surface area contributed by atoms with Crippen molar-refractivity contribution in [3.05, 3.63) is 11.1 Å². The van der Waals surface area contributed by atoms with E-state index in [9.17, 15) is 9.59 Å². The van der Waals surface area contributed by atoms with Crippen LogP contribution in [-0.4, -0.2) is 24.0 Å². The molecule has 0 fully saturated rings. The normalized spacial score (nSPS) is 10.2. The molecule has 0 saturated carbocycles. The minimum absolute atomic E-state index is 0.0114. The molecule has 0 saturated heterocycles. The number of rotatable bonds is 8. The van der Waals surface area contributed by atoms with E-state index in [0.717, 1.165) is 25.0 Å². The molecule has 19 heavy (non-hydrogen) atoms. The lowest BCUT2D eigenvalue weighted by atomic mass is 10.2. The molecule has 0 atom stereocenters. The predicted molar refractivity (Wildman–Crippen MR) is 75.2 cm³/mol. The van der Waals surface area contributed by atoms with Crippen molar-refractivity contribution in [1.82, 2.24) is 4.98 Å². The Morgan fingerprint density at radius 2 is 2.16 bits per heavy atom. The quantitative estimate of drug-likeness (QED) is 0.745. The highest BCUT2D eigenvalue weighted by atomic mass is 32.1. The molecule has 1 amide bonds. The zero-order valence-corrected chi connectivity index (χ0v) is 12.2. The number of esters is 1. The Hall–Kier alpha value is -1.43. The fourth-order valence-corrected chi connectivity index (χ4v) is 2.28. The summed E-state index contributed by atoms with van der Waals surface area (Å²) < 4.78 is 4.57. The second-order valence-corrected chi connectivity index (χ2v) is 5.08. The van der Waals surface area contributed by atoms with E-state index in [-0.39, 0.29) is 11.9 Å². The summed E-state index contributed by atoms with van der Waals surface area (Å²) >= 11 is 1.42. The SMILES string of the molecule is CCCCC(=O)Nc1nc(CCCC(=O)OC)cs1. The number of methoxy groups -OCH3 is 1. The van der Waals surface area contributed by atoms with E-state index < -0.39 is 0 Å². The molecule has 1 aromatic rings. The molecule has 0 bridgehead atoms. The van der Waals surface area contributed by atoms with Crippen molar-refractivity contribution in [3.63, 3.8) is 0 Å². The van der Waals surface area contributed by atoms with E-state index in [0.29, 0.717) is 24.4 Å². The molecule has 0 aliphatic carbocycles. The van der Waals surface area contributed by atoms with Crippen molar-refractivity contribution in [3.8, 4) is 0 Å². The third-order valence-corrected chi connectivity index (χ3v) is 3.40. The highest BCUT2D eigenvalue weighted by Gasteiger charge is 2.07. The Balaban J connectivity index is 2.31. The third kappa shape index (κ3) is 6.33. The molecule has 1 heterocycles. The summed E-state index contributed by atoms with van der Waals surface area (Å²) in [6.07, 6.45) is 4.25. The average molecular weight is 284 g/mol. The first kappa shape index (κ1) is 15.6. The zero-order chi connectivity index (χ0) is 14.1. The number of carbonyl (C=O) groups excluding carboxylic acids is 2. The number of hydrogen-bond acceptors (Lipinski definition) is 5. The van der Waals surface area contributed by atoms with Gasteiger partial charge in [-0.2, -0.15) is 0 Å². The summed E-state index contributed by atoms with van der Waals surface area (Å²) in [5.74, 6) is -0.194. The monoisotopic (exact) mass is 284 g/mol. The molecular formula is C13H20N2O3S. The zero-order valence-electron chi connectivity index (χ0n) is 11.4. The van der Waals surface area contributed by atoms with Gasteiger partial charge in [-0.3, -0.25) is 9.59 Å². The summed E-state index contributed by atoms with van der Waals surface area (Å²) in [6.45, 7) is 2.05. The van der Waals surface area contributed by atoms with Gasteiger partial charge in [0.2, 0.25) is 5.91 Å². The smallest absolute Gasteiger partial charge is 0.305 e. The topological polar surface area (TPSA) is 68.3 Å². The van der Waals surface area contributed by atoms with Crippen LogP contribution in [0.1, 0.15) is 44.7 Å². The van der Waals surface area contributed by atoms with Gasteiger partial charge in [0.1, 0.15) is 0 Å². The fraction of sp³-hybridized carbons (Fsp3) is 0.615. The van der Waals surface area contributed by atoms with E-state index >= 15 is 0 Å². The first-order valence-electron chi connectivity index (χ1n) is 6.46. The van der Waals surface area contributed by atoms with Crippen LogP contribution in [0, 0.1) is 0 Å². The van der Waals surface area contributed by atoms with Crippen molar-refractivity contribution in [2.75, 3.05) is 12.4 Å². The highest BCUT2D eigenvalue weighted by Crippen LogP contribution is 2.17. The highest BCUT2D eigenvalue weighted by molar-refractivity contribution is 7.13. The molecule has 0 unspecified atom stereocenters. The van der Waals surface area contributed by atoms with Gasteiger partial charge in [-0.1, -0.05) is 13.3 Å². The van der Waals surface area contributed by atoms with Crippen LogP contribution < -0.4 is 5.32 Å². The van der Waals surface area contributed by atoms with Gasteiger partial charge in [-0.25, -0.2) is 4.98 Å². The van der Waals surface area contributed by atoms with Crippen LogP contribution in [-0.2, 0) is 20.7 Å². The van der Waals surface area contributed by atoms with Crippen LogP contribution in [0.5, 0.6) is 0 Å². The number of aryl methyl sites for hydroxylation is 1. The number of anilines is 1. The van der Waals surface area contributed by atoms with Crippen molar-refractivity contribution in [2.45, 2.75) is 45.4 Å². The van der Waals surface area contributed by atoms with Crippen LogP contribution >= 0.6 is 11.3 Å². The van der Waals surface area contributed by atoms with Gasteiger partial charge in [-0.15, -0.1) is 11.3 Å². The van der Waals surface area contributed by atoms with E-state index in [1.165, 1.54) is 18.4 Å². The molecular weight excluding hydrogens is 264 g/mol. The largest absolute Gasteiger partial charge is 0.469 e. The fourth-order valence-electron chi connectivity index (χ4n) is 1.51. The molecule has 0 spiro atoms. The maximum absolute atomic E-state index is 11.5. The van der Waals surface area contributed by atoms with Crippen molar-refractivity contribution in [2.24, 2.45) is 0 Å². The summed E-state index contributed by atoms with van der Waals surface area (Å²) in [6, 6.07) is 0. The summed E-state index contributed by atoms with van der Waals surface area (Å²) in [4.78, 5) is 26.8. The second kappa shape index (κ2) is 8.63. The first-order chi connectivity index (χ1) is 9.15. The number of aromatic nitrogens is 1. The van der Waals surface area contributed by atoms with Gasteiger partial charge in [0.25, 0.3) is 0 Å². The van der Waals surface area contributed by atoms with Crippen LogP contribution in [0.3, 0.4) is 0 Å². The number of nitrogens with zero attached hydrogens (tertiary/aromatic N) is 1. The minimum atomic E-state index is -0.205. The lowest BCUT2D eigenvalue weighted by Crippen LogP contribution is -2.10. The number of thiazole rings is 1. The van der Waals surface area contributed by atoms with E-state index in [1.807, 2.05) is 5.38 Å². The number of nitrogens with one attached hydrogen (secondary N) is 1. The van der Waals surface area contributed by atoms with Gasteiger partial charge < -0.3 is 10.1 Å². The van der Waals surface area contributed by atoms with Crippen molar-refractivity contribution >= 4 is 28.3 Å².